The summed E-state index contributed by atoms with van der Waals surface area (Å²) in [7, 11) is 1.67. The first-order chi connectivity index (χ1) is 14.8. The molecule has 1 aromatic carbocycles. The number of rotatable bonds is 5. The Balaban J connectivity index is 1.47. The van der Waals surface area contributed by atoms with Gasteiger partial charge in [-0.05, 0) is 18.9 Å². The molecule has 3 heterocycles. The van der Waals surface area contributed by atoms with E-state index in [0.717, 1.165) is 33.5 Å². The van der Waals surface area contributed by atoms with Crippen LogP contribution < -0.4 is 10.1 Å². The highest BCUT2D eigenvalue weighted by Gasteiger charge is 2.17. The van der Waals surface area contributed by atoms with Crippen molar-refractivity contribution < 1.29 is 4.74 Å². The van der Waals surface area contributed by atoms with Gasteiger partial charge >= 0.3 is 0 Å². The molecule has 7 nitrogen and oxygen atoms in total. The second-order valence-corrected chi connectivity index (χ2v) is 7.64. The topological polar surface area (TPSA) is 77.8 Å². The van der Waals surface area contributed by atoms with Crippen molar-refractivity contribution >= 4 is 22.5 Å². The third-order valence-electron chi connectivity index (χ3n) is 5.69. The van der Waals surface area contributed by atoms with Crippen LogP contribution in [0.3, 0.4) is 0 Å². The zero-order valence-electron chi connectivity index (χ0n) is 17.0. The summed E-state index contributed by atoms with van der Waals surface area (Å²) in [5.41, 5.74) is 3.58. The molecule has 0 aliphatic heterocycles. The van der Waals surface area contributed by atoms with Gasteiger partial charge in [-0.25, -0.2) is 9.97 Å². The molecule has 7 heteroatoms. The molecule has 0 saturated heterocycles. The Kier molecular flexibility index (Phi) is 5.01. The Morgan fingerprint density at radius 3 is 2.73 bits per heavy atom. The molecule has 0 radical (unpaired) electrons. The Hall–Kier alpha value is -3.48. The van der Waals surface area contributed by atoms with Gasteiger partial charge in [0.1, 0.15) is 5.75 Å². The largest absolute Gasteiger partial charge is 0.496 e. The van der Waals surface area contributed by atoms with Crippen molar-refractivity contribution in [1.82, 2.24) is 24.7 Å². The number of ether oxygens (including phenoxy) is 1. The molecule has 30 heavy (non-hydrogen) atoms. The Morgan fingerprint density at radius 2 is 1.87 bits per heavy atom. The van der Waals surface area contributed by atoms with Crippen LogP contribution in [0.4, 0.5) is 11.6 Å². The average molecular weight is 400 g/mol. The standard InChI is InChI=1S/C23H24N6O/c1-30-21-10-6-5-9-19(21)20-14-24-11-16-12-25-23(28-22(16)20)27-17-13-26-29(15-17)18-7-3-2-4-8-18/h5-6,9-15,18H,2-4,7-8H2,1H3,(H,25,27,28). The summed E-state index contributed by atoms with van der Waals surface area (Å²) in [5, 5.41) is 8.74. The monoisotopic (exact) mass is 400 g/mol. The summed E-state index contributed by atoms with van der Waals surface area (Å²) in [6.45, 7) is 0. The molecule has 0 spiro atoms. The fraction of sp³-hybridized carbons (Fsp3) is 0.304. The highest BCUT2D eigenvalue weighted by atomic mass is 16.5. The number of benzene rings is 1. The average Bonchev–Trinajstić information content (AvgIpc) is 3.28. The molecule has 4 aromatic rings. The van der Waals surface area contributed by atoms with E-state index in [2.05, 4.69) is 31.3 Å². The maximum absolute atomic E-state index is 5.54. The second-order valence-electron chi connectivity index (χ2n) is 7.64. The van der Waals surface area contributed by atoms with Crippen LogP contribution in [0.2, 0.25) is 0 Å². The lowest BCUT2D eigenvalue weighted by atomic mass is 9.96. The van der Waals surface area contributed by atoms with E-state index >= 15 is 0 Å². The molecular weight excluding hydrogens is 376 g/mol. The summed E-state index contributed by atoms with van der Waals surface area (Å²) in [6.07, 6.45) is 15.6. The number of hydrogen-bond acceptors (Lipinski definition) is 6. The second kappa shape index (κ2) is 8.10. The molecule has 0 amide bonds. The van der Waals surface area contributed by atoms with Gasteiger partial charge in [0.15, 0.2) is 0 Å². The molecular formula is C23H24N6O. The number of hydrogen-bond donors (Lipinski definition) is 1. The van der Waals surface area contributed by atoms with Crippen LogP contribution in [0.1, 0.15) is 38.1 Å². The summed E-state index contributed by atoms with van der Waals surface area (Å²) in [4.78, 5) is 13.6. The molecule has 5 rings (SSSR count). The van der Waals surface area contributed by atoms with Crippen LogP contribution in [0, 0.1) is 0 Å². The van der Waals surface area contributed by atoms with Gasteiger partial charge in [0, 0.05) is 41.3 Å². The quantitative estimate of drug-likeness (QED) is 0.499. The molecule has 0 bridgehead atoms. The minimum atomic E-state index is 0.495. The van der Waals surface area contributed by atoms with Crippen molar-refractivity contribution in [3.8, 4) is 16.9 Å². The smallest absolute Gasteiger partial charge is 0.227 e. The number of nitrogens with zero attached hydrogens (tertiary/aromatic N) is 5. The predicted octanol–water partition coefficient (Wildman–Crippen LogP) is 5.15. The van der Waals surface area contributed by atoms with E-state index in [0.29, 0.717) is 12.0 Å². The predicted molar refractivity (Wildman–Crippen MR) is 117 cm³/mol. The molecule has 152 valence electrons. The van der Waals surface area contributed by atoms with Crippen molar-refractivity contribution in [2.75, 3.05) is 12.4 Å². The van der Waals surface area contributed by atoms with Crippen molar-refractivity contribution in [2.24, 2.45) is 0 Å². The Morgan fingerprint density at radius 1 is 1.00 bits per heavy atom. The zero-order chi connectivity index (χ0) is 20.3. The van der Waals surface area contributed by atoms with Crippen LogP contribution in [0.5, 0.6) is 5.75 Å². The van der Waals surface area contributed by atoms with E-state index < -0.39 is 0 Å². The van der Waals surface area contributed by atoms with Crippen molar-refractivity contribution in [3.63, 3.8) is 0 Å². The van der Waals surface area contributed by atoms with Gasteiger partial charge in [-0.1, -0.05) is 37.5 Å². The van der Waals surface area contributed by atoms with E-state index in [1.165, 1.54) is 32.1 Å². The third kappa shape index (κ3) is 3.58. The minimum absolute atomic E-state index is 0.495. The maximum Gasteiger partial charge on any atom is 0.227 e. The number of pyridine rings is 1. The minimum Gasteiger partial charge on any atom is -0.496 e. The lowest BCUT2D eigenvalue weighted by Crippen LogP contribution is -2.12. The lowest BCUT2D eigenvalue weighted by Gasteiger charge is -2.21. The van der Waals surface area contributed by atoms with E-state index in [4.69, 9.17) is 9.72 Å². The lowest BCUT2D eigenvalue weighted by molar-refractivity contribution is 0.329. The van der Waals surface area contributed by atoms with E-state index in [1.54, 1.807) is 19.5 Å². The van der Waals surface area contributed by atoms with Crippen molar-refractivity contribution in [3.05, 3.63) is 55.2 Å². The molecule has 1 N–H and O–H groups in total. The van der Waals surface area contributed by atoms with Gasteiger partial charge in [0.25, 0.3) is 0 Å². The molecule has 1 fully saturated rings. The van der Waals surface area contributed by atoms with Crippen molar-refractivity contribution in [2.45, 2.75) is 38.1 Å². The van der Waals surface area contributed by atoms with Crippen LogP contribution >= 0.6 is 0 Å². The Labute approximate surface area is 175 Å². The molecule has 0 unspecified atom stereocenters. The number of anilines is 2. The summed E-state index contributed by atoms with van der Waals surface area (Å²) >= 11 is 0. The normalized spacial score (nSPS) is 14.7. The molecule has 3 aromatic heterocycles. The molecule has 1 saturated carbocycles. The number of para-hydroxylation sites is 1. The molecule has 0 atom stereocenters. The first-order valence-corrected chi connectivity index (χ1v) is 10.4. The SMILES string of the molecule is COc1ccccc1-c1cncc2cnc(Nc3cnn(C4CCCCC4)c3)nc12. The van der Waals surface area contributed by atoms with Gasteiger partial charge in [-0.2, -0.15) is 5.10 Å². The third-order valence-corrected chi connectivity index (χ3v) is 5.69. The van der Waals surface area contributed by atoms with E-state index in [1.807, 2.05) is 36.7 Å². The van der Waals surface area contributed by atoms with Crippen LogP contribution in [-0.4, -0.2) is 31.8 Å². The van der Waals surface area contributed by atoms with E-state index in [-0.39, 0.29) is 0 Å². The molecule has 1 aliphatic carbocycles. The van der Waals surface area contributed by atoms with Gasteiger partial charge in [-0.15, -0.1) is 0 Å². The number of fused-ring (bicyclic) bond motifs is 1. The highest BCUT2D eigenvalue weighted by Crippen LogP contribution is 2.34. The van der Waals surface area contributed by atoms with Crippen molar-refractivity contribution in [1.29, 1.82) is 0 Å². The Bertz CT molecular complexity index is 1170. The summed E-state index contributed by atoms with van der Waals surface area (Å²) < 4.78 is 7.61. The van der Waals surface area contributed by atoms with Crippen LogP contribution in [0.25, 0.3) is 22.0 Å². The van der Waals surface area contributed by atoms with Crippen LogP contribution in [0.15, 0.2) is 55.2 Å². The number of aromatic nitrogens is 5. The maximum atomic E-state index is 5.54. The number of nitrogens with one attached hydrogen (secondary N) is 1. The number of methoxy groups -OCH3 is 1. The van der Waals surface area contributed by atoms with Gasteiger partial charge in [0.05, 0.1) is 30.6 Å². The highest BCUT2D eigenvalue weighted by molar-refractivity contribution is 5.94. The fourth-order valence-corrected chi connectivity index (χ4v) is 4.16. The fourth-order valence-electron chi connectivity index (χ4n) is 4.16. The van der Waals surface area contributed by atoms with E-state index in [9.17, 15) is 0 Å². The van der Waals surface area contributed by atoms with Gasteiger partial charge < -0.3 is 10.1 Å². The zero-order valence-corrected chi connectivity index (χ0v) is 17.0. The summed E-state index contributed by atoms with van der Waals surface area (Å²) in [6, 6.07) is 8.38. The van der Waals surface area contributed by atoms with Crippen LogP contribution in [-0.2, 0) is 0 Å². The van der Waals surface area contributed by atoms with Gasteiger partial charge in [-0.3, -0.25) is 9.67 Å². The van der Waals surface area contributed by atoms with Gasteiger partial charge in [0.2, 0.25) is 5.95 Å². The summed E-state index contributed by atoms with van der Waals surface area (Å²) in [5.74, 6) is 1.32. The first-order valence-electron chi connectivity index (χ1n) is 10.4. The first kappa shape index (κ1) is 18.5. The molecule has 1 aliphatic rings.